The number of carboxylic acids is 2. The fourth-order valence-electron chi connectivity index (χ4n) is 1.30. The summed E-state index contributed by atoms with van der Waals surface area (Å²) in [7, 11) is 0. The zero-order valence-corrected chi connectivity index (χ0v) is 10.8. The number of aliphatic hydroxyl groups is 1. The van der Waals surface area contributed by atoms with Gasteiger partial charge in [0.05, 0.1) is 6.61 Å². The molecule has 0 unspecified atom stereocenters. The van der Waals surface area contributed by atoms with Gasteiger partial charge in [-0.25, -0.2) is 9.59 Å². The normalized spacial score (nSPS) is 12.5. The fraction of sp³-hybridized carbons (Fsp3) is 0.636. The van der Waals surface area contributed by atoms with Crippen molar-refractivity contribution in [3.05, 3.63) is 11.6 Å². The second-order valence-corrected chi connectivity index (χ2v) is 5.40. The first-order chi connectivity index (χ1) is 7.81. The first-order valence-corrected chi connectivity index (χ1v) is 6.33. The van der Waals surface area contributed by atoms with Gasteiger partial charge in [0.1, 0.15) is 0 Å². The van der Waals surface area contributed by atoms with Crippen LogP contribution in [0.25, 0.3) is 0 Å². The molecule has 0 aromatic carbocycles. The van der Waals surface area contributed by atoms with Gasteiger partial charge in [0, 0.05) is 17.4 Å². The Hall–Kier alpha value is -1.01. The van der Waals surface area contributed by atoms with Crippen molar-refractivity contribution in [2.75, 3.05) is 18.1 Å². The molecule has 0 spiro atoms. The van der Waals surface area contributed by atoms with Crippen LogP contribution in [0.4, 0.5) is 0 Å². The molecule has 0 saturated carbocycles. The summed E-state index contributed by atoms with van der Waals surface area (Å²) in [5.41, 5.74) is -0.804. The summed E-state index contributed by atoms with van der Waals surface area (Å²) < 4.78 is 0. The molecule has 0 atom stereocenters. The summed E-state index contributed by atoms with van der Waals surface area (Å²) in [6.45, 7) is 3.49. The lowest BCUT2D eigenvalue weighted by atomic mass is 9.81. The monoisotopic (exact) mass is 262 g/mol. The Labute approximate surface area is 105 Å². The lowest BCUT2D eigenvalue weighted by molar-refractivity contribution is -0.136. The van der Waals surface area contributed by atoms with Crippen molar-refractivity contribution in [2.24, 2.45) is 5.41 Å². The van der Waals surface area contributed by atoms with Crippen LogP contribution in [0.3, 0.4) is 0 Å². The zero-order chi connectivity index (χ0) is 13.5. The number of carboxylic acid groups (broad SMARTS) is 2. The van der Waals surface area contributed by atoms with Crippen molar-refractivity contribution in [3.63, 3.8) is 0 Å². The Kier molecular flexibility index (Phi) is 6.91. The molecule has 3 N–H and O–H groups in total. The predicted octanol–water partition coefficient (Wildman–Crippen LogP) is 1.22. The molecule has 0 saturated heterocycles. The number of rotatable bonds is 8. The predicted molar refractivity (Wildman–Crippen MR) is 66.2 cm³/mol. The van der Waals surface area contributed by atoms with Crippen LogP contribution in [0.1, 0.15) is 20.3 Å². The van der Waals surface area contributed by atoms with Crippen LogP contribution in [-0.4, -0.2) is 45.4 Å². The van der Waals surface area contributed by atoms with E-state index in [0.29, 0.717) is 17.9 Å². The minimum atomic E-state index is -1.25. The van der Waals surface area contributed by atoms with Crippen molar-refractivity contribution in [3.8, 4) is 0 Å². The van der Waals surface area contributed by atoms with Crippen molar-refractivity contribution in [1.29, 1.82) is 0 Å². The molecule has 0 aliphatic rings. The van der Waals surface area contributed by atoms with Gasteiger partial charge in [-0.05, 0) is 17.6 Å². The van der Waals surface area contributed by atoms with E-state index in [2.05, 4.69) is 0 Å². The average Bonchev–Trinajstić information content (AvgIpc) is 2.20. The number of carbonyl (C=O) groups is 2. The third-order valence-electron chi connectivity index (χ3n) is 2.33. The molecule has 0 fully saturated rings. The summed E-state index contributed by atoms with van der Waals surface area (Å²) >= 11 is 1.51. The van der Waals surface area contributed by atoms with E-state index in [9.17, 15) is 9.59 Å². The maximum atomic E-state index is 11.0. The van der Waals surface area contributed by atoms with Gasteiger partial charge >= 0.3 is 11.9 Å². The minimum absolute atomic E-state index is 0.0852. The number of thioether (sulfide) groups is 1. The maximum absolute atomic E-state index is 11.0. The average molecular weight is 262 g/mol. The lowest BCUT2D eigenvalue weighted by Gasteiger charge is -2.24. The van der Waals surface area contributed by atoms with E-state index in [1.165, 1.54) is 11.8 Å². The van der Waals surface area contributed by atoms with Gasteiger partial charge in [0.2, 0.25) is 0 Å². The second-order valence-electron chi connectivity index (χ2n) is 4.17. The van der Waals surface area contributed by atoms with Crippen LogP contribution in [-0.2, 0) is 9.59 Å². The number of hydrogen-bond acceptors (Lipinski definition) is 4. The third-order valence-corrected chi connectivity index (χ3v) is 3.30. The first kappa shape index (κ1) is 16.0. The van der Waals surface area contributed by atoms with E-state index in [0.717, 1.165) is 6.08 Å². The Morgan fingerprint density at radius 3 is 2.24 bits per heavy atom. The summed E-state index contributed by atoms with van der Waals surface area (Å²) in [4.78, 5) is 21.6. The zero-order valence-electron chi connectivity index (χ0n) is 9.97. The Balaban J connectivity index is 4.62. The molecule has 0 radical (unpaired) electrons. The molecular weight excluding hydrogens is 244 g/mol. The first-order valence-electron chi connectivity index (χ1n) is 5.18. The standard InChI is InChI=1S/C11H18O5S/c1-11(2,3-5-17-6-4-12)8(10(15)16)7-9(13)14/h7,12H,3-6H2,1-2H3,(H,13,14)(H,15,16)/b8-7-. The number of aliphatic hydroxyl groups excluding tert-OH is 1. The summed E-state index contributed by atoms with van der Waals surface area (Å²) in [6, 6.07) is 0. The molecule has 6 heteroatoms. The van der Waals surface area contributed by atoms with Crippen LogP contribution < -0.4 is 0 Å². The van der Waals surface area contributed by atoms with Gasteiger partial charge in [-0.3, -0.25) is 0 Å². The maximum Gasteiger partial charge on any atom is 0.332 e. The molecular formula is C11H18O5S. The second kappa shape index (κ2) is 7.34. The van der Waals surface area contributed by atoms with Gasteiger partial charge in [0.25, 0.3) is 0 Å². The highest BCUT2D eigenvalue weighted by Crippen LogP contribution is 2.31. The van der Waals surface area contributed by atoms with Gasteiger partial charge in [-0.2, -0.15) is 11.8 Å². The largest absolute Gasteiger partial charge is 0.478 e. The minimum Gasteiger partial charge on any atom is -0.478 e. The molecule has 98 valence electrons. The van der Waals surface area contributed by atoms with Crippen LogP contribution in [0, 0.1) is 5.41 Å². The van der Waals surface area contributed by atoms with E-state index in [4.69, 9.17) is 15.3 Å². The van der Waals surface area contributed by atoms with E-state index in [-0.39, 0.29) is 12.2 Å². The fourth-order valence-corrected chi connectivity index (χ4v) is 2.29. The molecule has 0 aliphatic heterocycles. The SMILES string of the molecule is CC(C)(CCSCCO)/C(=C\C(=O)O)C(=O)O. The molecule has 0 bridgehead atoms. The highest BCUT2D eigenvalue weighted by atomic mass is 32.2. The highest BCUT2D eigenvalue weighted by molar-refractivity contribution is 7.99. The Morgan fingerprint density at radius 2 is 1.82 bits per heavy atom. The van der Waals surface area contributed by atoms with Crippen molar-refractivity contribution >= 4 is 23.7 Å². The molecule has 0 amide bonds. The molecule has 17 heavy (non-hydrogen) atoms. The van der Waals surface area contributed by atoms with Crippen molar-refractivity contribution < 1.29 is 24.9 Å². The van der Waals surface area contributed by atoms with E-state index >= 15 is 0 Å². The lowest BCUT2D eigenvalue weighted by Crippen LogP contribution is -2.23. The van der Waals surface area contributed by atoms with Crippen molar-refractivity contribution in [2.45, 2.75) is 20.3 Å². The van der Waals surface area contributed by atoms with Crippen LogP contribution >= 0.6 is 11.8 Å². The van der Waals surface area contributed by atoms with E-state index in [1.54, 1.807) is 13.8 Å². The summed E-state index contributed by atoms with van der Waals surface area (Å²) in [5, 5.41) is 26.2. The van der Waals surface area contributed by atoms with E-state index < -0.39 is 17.4 Å². The van der Waals surface area contributed by atoms with Gasteiger partial charge < -0.3 is 15.3 Å². The molecule has 0 rings (SSSR count). The van der Waals surface area contributed by atoms with Crippen LogP contribution in [0.2, 0.25) is 0 Å². The van der Waals surface area contributed by atoms with Gasteiger partial charge in [-0.1, -0.05) is 13.8 Å². The number of hydrogen-bond donors (Lipinski definition) is 3. The van der Waals surface area contributed by atoms with Crippen LogP contribution in [0.5, 0.6) is 0 Å². The summed E-state index contributed by atoms with van der Waals surface area (Å²) in [6.07, 6.45) is 1.29. The van der Waals surface area contributed by atoms with Gasteiger partial charge in [-0.15, -0.1) is 0 Å². The molecule has 0 aliphatic carbocycles. The van der Waals surface area contributed by atoms with E-state index in [1.807, 2.05) is 0 Å². The quantitative estimate of drug-likeness (QED) is 0.450. The third kappa shape index (κ3) is 6.33. The topological polar surface area (TPSA) is 94.8 Å². The number of aliphatic carboxylic acids is 2. The Bertz CT molecular complexity index is 309. The highest BCUT2D eigenvalue weighted by Gasteiger charge is 2.29. The summed E-state index contributed by atoms with van der Waals surface area (Å²) in [5.74, 6) is -1.18. The molecule has 0 aromatic rings. The molecule has 0 heterocycles. The van der Waals surface area contributed by atoms with Crippen LogP contribution in [0.15, 0.2) is 11.6 Å². The van der Waals surface area contributed by atoms with Gasteiger partial charge in [0.15, 0.2) is 0 Å². The molecule has 0 aromatic heterocycles. The molecule has 5 nitrogen and oxygen atoms in total. The Morgan fingerprint density at radius 1 is 1.24 bits per heavy atom. The smallest absolute Gasteiger partial charge is 0.332 e. The van der Waals surface area contributed by atoms with Crippen molar-refractivity contribution in [1.82, 2.24) is 0 Å².